The van der Waals surface area contributed by atoms with Crippen LogP contribution < -0.4 is 5.32 Å². The second-order valence-electron chi connectivity index (χ2n) is 3.57. The second-order valence-corrected chi connectivity index (χ2v) is 3.57. The predicted molar refractivity (Wildman–Crippen MR) is 47.5 cm³/mol. The largest absolute Gasteiger partial charge is 0.394 e. The molecule has 0 aromatic heterocycles. The predicted octanol–water partition coefficient (Wildman–Crippen LogP) is -3.22. The Labute approximate surface area is 81.8 Å². The zero-order chi connectivity index (χ0) is 10.7. The molecule has 5 atom stereocenters. The number of hydrogen-bond donors (Lipinski definition) is 6. The maximum Gasteiger partial charge on any atom is 0.110 e. The van der Waals surface area contributed by atoms with Gasteiger partial charge in [-0.25, -0.2) is 0 Å². The molecule has 6 N–H and O–H groups in total. The molecule has 0 unspecified atom stereocenters. The highest BCUT2D eigenvalue weighted by molar-refractivity contribution is 4.93. The van der Waals surface area contributed by atoms with Gasteiger partial charge in [0.05, 0.1) is 18.8 Å². The van der Waals surface area contributed by atoms with Crippen LogP contribution in [-0.4, -0.2) is 69.1 Å². The molecule has 0 saturated carbocycles. The summed E-state index contributed by atoms with van der Waals surface area (Å²) in [6.07, 6.45) is -4.35. The Hall–Kier alpha value is -0.240. The van der Waals surface area contributed by atoms with E-state index in [-0.39, 0.29) is 0 Å². The summed E-state index contributed by atoms with van der Waals surface area (Å²) in [6.45, 7) is -0.0636. The highest BCUT2D eigenvalue weighted by Gasteiger charge is 2.37. The quantitative estimate of drug-likeness (QED) is 0.289. The lowest BCUT2D eigenvalue weighted by atomic mass is 9.98. The minimum atomic E-state index is -1.45. The summed E-state index contributed by atoms with van der Waals surface area (Å²) < 4.78 is 0. The van der Waals surface area contributed by atoms with Gasteiger partial charge >= 0.3 is 0 Å². The Kier molecular flexibility index (Phi) is 4.24. The van der Waals surface area contributed by atoms with Gasteiger partial charge in [0.2, 0.25) is 0 Å². The van der Waals surface area contributed by atoms with Crippen LogP contribution >= 0.6 is 0 Å². The van der Waals surface area contributed by atoms with Gasteiger partial charge in [0.1, 0.15) is 18.3 Å². The molecule has 1 aliphatic rings. The molecule has 6 nitrogen and oxygen atoms in total. The summed E-state index contributed by atoms with van der Waals surface area (Å²) in [5, 5.41) is 48.7. The Balaban J connectivity index is 2.50. The van der Waals surface area contributed by atoms with Crippen molar-refractivity contribution in [3.63, 3.8) is 0 Å². The Morgan fingerprint density at radius 1 is 1.29 bits per heavy atom. The van der Waals surface area contributed by atoms with E-state index in [4.69, 9.17) is 10.2 Å². The van der Waals surface area contributed by atoms with E-state index < -0.39 is 37.1 Å². The van der Waals surface area contributed by atoms with Crippen molar-refractivity contribution in [2.75, 3.05) is 13.2 Å². The Morgan fingerprint density at radius 3 is 2.36 bits per heavy atom. The third kappa shape index (κ3) is 2.41. The Morgan fingerprint density at radius 2 is 1.93 bits per heavy atom. The lowest BCUT2D eigenvalue weighted by Crippen LogP contribution is -2.52. The molecule has 0 bridgehead atoms. The first-order valence-electron chi connectivity index (χ1n) is 4.64. The van der Waals surface area contributed by atoms with Gasteiger partial charge in [-0.1, -0.05) is 0 Å². The van der Waals surface area contributed by atoms with E-state index >= 15 is 0 Å². The number of aliphatic hydroxyl groups is 5. The number of nitrogens with one attached hydrogen (secondary N) is 1. The standard InChI is InChI=1S/C8H17NO5/c10-3-5(12)7(13)8(14)6-4(11)1-2-9-6/h4-14H,1-3H2/t4-,5+,6-,7-,8-/m1/s1. The number of aliphatic hydroxyl groups excluding tert-OH is 5. The van der Waals surface area contributed by atoms with Crippen molar-refractivity contribution in [3.8, 4) is 0 Å². The second kappa shape index (κ2) is 5.01. The zero-order valence-electron chi connectivity index (χ0n) is 7.74. The van der Waals surface area contributed by atoms with E-state index in [0.717, 1.165) is 0 Å². The Bertz CT molecular complexity index is 179. The van der Waals surface area contributed by atoms with E-state index in [0.29, 0.717) is 13.0 Å². The van der Waals surface area contributed by atoms with Gasteiger partial charge in [-0.15, -0.1) is 0 Å². The van der Waals surface area contributed by atoms with E-state index in [9.17, 15) is 15.3 Å². The van der Waals surface area contributed by atoms with Gasteiger partial charge < -0.3 is 30.8 Å². The average Bonchev–Trinajstić information content (AvgIpc) is 2.61. The molecule has 84 valence electrons. The first-order valence-corrected chi connectivity index (χ1v) is 4.64. The zero-order valence-corrected chi connectivity index (χ0v) is 7.74. The summed E-state index contributed by atoms with van der Waals surface area (Å²) in [7, 11) is 0. The highest BCUT2D eigenvalue weighted by Crippen LogP contribution is 2.14. The molecule has 0 aromatic rings. The van der Waals surface area contributed by atoms with Crippen molar-refractivity contribution in [2.24, 2.45) is 0 Å². The molecule has 6 heteroatoms. The van der Waals surface area contributed by atoms with Crippen LogP contribution in [0.3, 0.4) is 0 Å². The van der Waals surface area contributed by atoms with E-state index in [1.54, 1.807) is 0 Å². The smallest absolute Gasteiger partial charge is 0.110 e. The topological polar surface area (TPSA) is 113 Å². The van der Waals surface area contributed by atoms with Gasteiger partial charge in [-0.3, -0.25) is 0 Å². The monoisotopic (exact) mass is 207 g/mol. The fraction of sp³-hybridized carbons (Fsp3) is 1.00. The molecule has 14 heavy (non-hydrogen) atoms. The lowest BCUT2D eigenvalue weighted by molar-refractivity contribution is -0.0950. The molecule has 0 radical (unpaired) electrons. The molecule has 1 aliphatic heterocycles. The third-order valence-corrected chi connectivity index (χ3v) is 2.53. The molecule has 0 amide bonds. The molecule has 1 rings (SSSR count). The van der Waals surface area contributed by atoms with Gasteiger partial charge in [-0.2, -0.15) is 0 Å². The van der Waals surface area contributed by atoms with Crippen LogP contribution in [0.4, 0.5) is 0 Å². The van der Waals surface area contributed by atoms with Crippen LogP contribution in [0.2, 0.25) is 0 Å². The molecule has 0 aromatic carbocycles. The fourth-order valence-corrected chi connectivity index (χ4v) is 1.61. The number of hydrogen-bond acceptors (Lipinski definition) is 6. The maximum absolute atomic E-state index is 9.55. The summed E-state index contributed by atoms with van der Waals surface area (Å²) in [4.78, 5) is 0. The summed E-state index contributed by atoms with van der Waals surface area (Å²) in [5.41, 5.74) is 0. The average molecular weight is 207 g/mol. The van der Waals surface area contributed by atoms with Crippen molar-refractivity contribution >= 4 is 0 Å². The minimum Gasteiger partial charge on any atom is -0.394 e. The molecule has 0 aliphatic carbocycles. The molecule has 1 fully saturated rings. The van der Waals surface area contributed by atoms with Crippen LogP contribution in [0.25, 0.3) is 0 Å². The van der Waals surface area contributed by atoms with Gasteiger partial charge in [-0.05, 0) is 13.0 Å². The number of rotatable bonds is 4. The van der Waals surface area contributed by atoms with Crippen LogP contribution in [-0.2, 0) is 0 Å². The molecule has 1 heterocycles. The van der Waals surface area contributed by atoms with Crippen LogP contribution in [0, 0.1) is 0 Å². The van der Waals surface area contributed by atoms with Gasteiger partial charge in [0.25, 0.3) is 0 Å². The van der Waals surface area contributed by atoms with Crippen molar-refractivity contribution < 1.29 is 25.5 Å². The normalized spacial score (nSPS) is 34.1. The van der Waals surface area contributed by atoms with Crippen molar-refractivity contribution in [2.45, 2.75) is 36.9 Å². The molecular weight excluding hydrogens is 190 g/mol. The van der Waals surface area contributed by atoms with Crippen LogP contribution in [0.5, 0.6) is 0 Å². The SMILES string of the molecule is OC[C@H](O)[C@@H](O)[C@H](O)[C@@H]1NCC[C@H]1O. The van der Waals surface area contributed by atoms with Crippen molar-refractivity contribution in [1.29, 1.82) is 0 Å². The van der Waals surface area contributed by atoms with Crippen molar-refractivity contribution in [3.05, 3.63) is 0 Å². The highest BCUT2D eigenvalue weighted by atomic mass is 16.4. The van der Waals surface area contributed by atoms with Crippen LogP contribution in [0.15, 0.2) is 0 Å². The summed E-state index contributed by atoms with van der Waals surface area (Å²) in [6, 6.07) is -0.647. The van der Waals surface area contributed by atoms with Gasteiger partial charge in [0.15, 0.2) is 0 Å². The fourth-order valence-electron chi connectivity index (χ4n) is 1.61. The molecule has 0 spiro atoms. The lowest BCUT2D eigenvalue weighted by Gasteiger charge is -2.28. The third-order valence-electron chi connectivity index (χ3n) is 2.53. The van der Waals surface area contributed by atoms with E-state index in [1.807, 2.05) is 0 Å². The van der Waals surface area contributed by atoms with Crippen LogP contribution in [0.1, 0.15) is 6.42 Å². The molecule has 1 saturated heterocycles. The summed E-state index contributed by atoms with van der Waals surface area (Å²) >= 11 is 0. The maximum atomic E-state index is 9.55. The first kappa shape index (κ1) is 11.8. The molecular formula is C8H17NO5. The minimum absolute atomic E-state index is 0.504. The van der Waals surface area contributed by atoms with Crippen molar-refractivity contribution in [1.82, 2.24) is 5.32 Å². The van der Waals surface area contributed by atoms with E-state index in [2.05, 4.69) is 5.32 Å². The first-order chi connectivity index (χ1) is 6.57. The van der Waals surface area contributed by atoms with Gasteiger partial charge in [0, 0.05) is 0 Å². The summed E-state index contributed by atoms with van der Waals surface area (Å²) in [5.74, 6) is 0. The van der Waals surface area contributed by atoms with E-state index in [1.165, 1.54) is 0 Å².